The summed E-state index contributed by atoms with van der Waals surface area (Å²) in [7, 11) is 0. The van der Waals surface area contributed by atoms with Crippen molar-refractivity contribution >= 4 is 33.7 Å². The third-order valence-corrected chi connectivity index (χ3v) is 5.09. The first kappa shape index (κ1) is 19.5. The van der Waals surface area contributed by atoms with Gasteiger partial charge in [-0.15, -0.1) is 0 Å². The van der Waals surface area contributed by atoms with Crippen LogP contribution < -0.4 is 0 Å². The Hall–Kier alpha value is -4.46. The van der Waals surface area contributed by atoms with Crippen molar-refractivity contribution in [1.82, 2.24) is 30.1 Å². The van der Waals surface area contributed by atoms with Crippen molar-refractivity contribution in [3.63, 3.8) is 0 Å². The number of nitrogens with zero attached hydrogens (tertiary/aromatic N) is 5. The number of pyridine rings is 2. The highest BCUT2D eigenvalue weighted by Crippen LogP contribution is 2.33. The van der Waals surface area contributed by atoms with E-state index in [2.05, 4.69) is 36.7 Å². The molecule has 2 N–H and O–H groups in total. The van der Waals surface area contributed by atoms with Gasteiger partial charge in [-0.3, -0.25) is 20.1 Å². The van der Waals surface area contributed by atoms with E-state index >= 15 is 4.39 Å². The lowest BCUT2D eigenvalue weighted by Crippen LogP contribution is -1.91. The van der Waals surface area contributed by atoms with Gasteiger partial charge in [-0.25, -0.2) is 9.37 Å². The number of fused-ring (bicyclic) bond motifs is 2. The number of aliphatic imine (C=N–C) groups is 1. The number of allylic oxidation sites excluding steroid dienone is 2. The minimum Gasteiger partial charge on any atom is -0.336 e. The van der Waals surface area contributed by atoms with Crippen LogP contribution in [0.4, 0.5) is 4.39 Å². The molecule has 32 heavy (non-hydrogen) atoms. The Balaban J connectivity index is 1.70. The van der Waals surface area contributed by atoms with Crippen LogP contribution in [-0.4, -0.2) is 36.3 Å². The Morgan fingerprint density at radius 1 is 1.06 bits per heavy atom. The molecular formula is C24H18FN7. The SMILES string of the molecule is C=C/C(=C\N=CC)c1ccc2[nH]nc(-c3nc4c(-c5ccccn5)nccc4[nH]3)c2c1F. The van der Waals surface area contributed by atoms with E-state index in [-0.39, 0.29) is 0 Å². The summed E-state index contributed by atoms with van der Waals surface area (Å²) in [6, 6.07) is 10.9. The summed E-state index contributed by atoms with van der Waals surface area (Å²) in [6.07, 6.45) is 8.16. The van der Waals surface area contributed by atoms with Crippen molar-refractivity contribution < 1.29 is 4.39 Å². The topological polar surface area (TPSA) is 95.5 Å². The molecule has 1 aromatic carbocycles. The third kappa shape index (κ3) is 3.18. The molecule has 0 spiro atoms. The largest absolute Gasteiger partial charge is 0.336 e. The van der Waals surface area contributed by atoms with Gasteiger partial charge in [-0.1, -0.05) is 18.7 Å². The average Bonchev–Trinajstić information content (AvgIpc) is 3.45. The summed E-state index contributed by atoms with van der Waals surface area (Å²) in [6.45, 7) is 5.58. The predicted molar refractivity (Wildman–Crippen MR) is 125 cm³/mol. The molecule has 156 valence electrons. The van der Waals surface area contributed by atoms with Crippen LogP contribution >= 0.6 is 0 Å². The molecule has 4 aromatic heterocycles. The summed E-state index contributed by atoms with van der Waals surface area (Å²) in [5.41, 5.74) is 4.63. The van der Waals surface area contributed by atoms with Crippen molar-refractivity contribution in [3.8, 4) is 22.9 Å². The van der Waals surface area contributed by atoms with Crippen molar-refractivity contribution in [2.45, 2.75) is 6.92 Å². The summed E-state index contributed by atoms with van der Waals surface area (Å²) >= 11 is 0. The van der Waals surface area contributed by atoms with Crippen LogP contribution in [-0.2, 0) is 0 Å². The molecule has 0 aliphatic heterocycles. The zero-order valence-corrected chi connectivity index (χ0v) is 17.2. The zero-order valence-electron chi connectivity index (χ0n) is 17.2. The first-order valence-corrected chi connectivity index (χ1v) is 9.95. The quantitative estimate of drug-likeness (QED) is 0.295. The van der Waals surface area contributed by atoms with Gasteiger partial charge in [0.15, 0.2) is 5.82 Å². The van der Waals surface area contributed by atoms with Crippen LogP contribution in [0.2, 0.25) is 0 Å². The van der Waals surface area contributed by atoms with E-state index in [1.54, 1.807) is 49.9 Å². The molecule has 5 aromatic rings. The maximum atomic E-state index is 15.6. The predicted octanol–water partition coefficient (Wildman–Crippen LogP) is 5.32. The second-order valence-corrected chi connectivity index (χ2v) is 6.97. The summed E-state index contributed by atoms with van der Waals surface area (Å²) in [4.78, 5) is 20.9. The van der Waals surface area contributed by atoms with Crippen LogP contribution in [0.3, 0.4) is 0 Å². The van der Waals surface area contributed by atoms with Crippen molar-refractivity contribution in [3.05, 3.63) is 79.0 Å². The normalized spacial score (nSPS) is 12.2. The highest BCUT2D eigenvalue weighted by Gasteiger charge is 2.20. The molecule has 0 atom stereocenters. The van der Waals surface area contributed by atoms with E-state index < -0.39 is 5.82 Å². The van der Waals surface area contributed by atoms with E-state index in [4.69, 9.17) is 4.98 Å². The van der Waals surface area contributed by atoms with E-state index in [1.807, 2.05) is 24.3 Å². The second-order valence-electron chi connectivity index (χ2n) is 6.97. The molecule has 0 saturated carbocycles. The maximum Gasteiger partial charge on any atom is 0.159 e. The molecule has 0 unspecified atom stereocenters. The number of nitrogens with one attached hydrogen (secondary N) is 2. The number of halogens is 1. The Labute approximate surface area is 182 Å². The number of hydrogen-bond donors (Lipinski definition) is 2. The highest BCUT2D eigenvalue weighted by molar-refractivity contribution is 5.97. The fourth-order valence-electron chi connectivity index (χ4n) is 3.59. The summed E-state index contributed by atoms with van der Waals surface area (Å²) < 4.78 is 15.6. The molecule has 0 amide bonds. The molecule has 0 aliphatic rings. The number of rotatable bonds is 5. The minimum absolute atomic E-state index is 0.335. The van der Waals surface area contributed by atoms with Crippen LogP contribution in [0.25, 0.3) is 50.4 Å². The Morgan fingerprint density at radius 3 is 2.75 bits per heavy atom. The van der Waals surface area contributed by atoms with Crippen LogP contribution in [0.5, 0.6) is 0 Å². The average molecular weight is 423 g/mol. The fraction of sp³-hybridized carbons (Fsp3) is 0.0417. The van der Waals surface area contributed by atoms with Gasteiger partial charge in [0.05, 0.1) is 22.1 Å². The van der Waals surface area contributed by atoms with Gasteiger partial charge in [0.2, 0.25) is 0 Å². The Bertz CT molecular complexity index is 1510. The number of aromatic amines is 2. The minimum atomic E-state index is -0.424. The first-order chi connectivity index (χ1) is 15.7. The standard InChI is InChI=1S/C24H18FN7/c1-3-14(13-26-4-2)15-8-9-16-19(20(15)25)23(32-31-16)24-29-18-10-12-28-21(22(18)30-24)17-7-5-6-11-27-17/h3-13H,1H2,2H3,(H,29,30)(H,31,32)/b14-13+,26-4?. The van der Waals surface area contributed by atoms with Gasteiger partial charge in [-0.05, 0) is 37.3 Å². The van der Waals surface area contributed by atoms with E-state index in [1.165, 1.54) is 0 Å². The molecule has 4 heterocycles. The number of benzene rings is 1. The lowest BCUT2D eigenvalue weighted by Gasteiger charge is -2.05. The smallest absolute Gasteiger partial charge is 0.159 e. The van der Waals surface area contributed by atoms with Crippen molar-refractivity contribution in [1.29, 1.82) is 0 Å². The molecule has 7 nitrogen and oxygen atoms in total. The van der Waals surface area contributed by atoms with Crippen molar-refractivity contribution in [2.75, 3.05) is 0 Å². The van der Waals surface area contributed by atoms with Gasteiger partial charge >= 0.3 is 0 Å². The number of H-pyrrole nitrogens is 2. The van der Waals surface area contributed by atoms with Crippen molar-refractivity contribution in [2.24, 2.45) is 4.99 Å². The first-order valence-electron chi connectivity index (χ1n) is 9.95. The Morgan fingerprint density at radius 2 is 1.97 bits per heavy atom. The van der Waals surface area contributed by atoms with E-state index in [9.17, 15) is 0 Å². The number of hydrogen-bond acceptors (Lipinski definition) is 5. The van der Waals surface area contributed by atoms with Gasteiger partial charge in [0.25, 0.3) is 0 Å². The number of imidazole rings is 1. The summed E-state index contributed by atoms with van der Waals surface area (Å²) in [5, 5.41) is 7.57. The lowest BCUT2D eigenvalue weighted by molar-refractivity contribution is 0.636. The molecule has 0 fully saturated rings. The molecular weight excluding hydrogens is 405 g/mol. The molecule has 8 heteroatoms. The lowest BCUT2D eigenvalue weighted by atomic mass is 10.0. The van der Waals surface area contributed by atoms with Gasteiger partial charge in [0, 0.05) is 35.9 Å². The van der Waals surface area contributed by atoms with Crippen LogP contribution in [0, 0.1) is 5.82 Å². The summed E-state index contributed by atoms with van der Waals surface area (Å²) in [5.74, 6) is 0.00965. The molecule has 0 bridgehead atoms. The molecule has 0 radical (unpaired) electrons. The number of aromatic nitrogens is 6. The molecule has 0 saturated heterocycles. The van der Waals surface area contributed by atoms with Gasteiger partial charge in [-0.2, -0.15) is 5.10 Å². The van der Waals surface area contributed by atoms with E-state index in [0.717, 1.165) is 5.52 Å². The van der Waals surface area contributed by atoms with Crippen LogP contribution in [0.1, 0.15) is 12.5 Å². The molecule has 5 rings (SSSR count). The molecule has 0 aliphatic carbocycles. The van der Waals surface area contributed by atoms with Gasteiger partial charge in [0.1, 0.15) is 22.7 Å². The van der Waals surface area contributed by atoms with E-state index in [0.29, 0.717) is 50.5 Å². The Kier molecular flexibility index (Phi) is 4.87. The van der Waals surface area contributed by atoms with Crippen LogP contribution in [0.15, 0.2) is 72.6 Å². The fourth-order valence-corrected chi connectivity index (χ4v) is 3.59. The monoisotopic (exact) mass is 423 g/mol. The second kappa shape index (κ2) is 7.99. The highest BCUT2D eigenvalue weighted by atomic mass is 19.1. The maximum absolute atomic E-state index is 15.6. The third-order valence-electron chi connectivity index (χ3n) is 5.09. The van der Waals surface area contributed by atoms with Gasteiger partial charge < -0.3 is 4.98 Å². The zero-order chi connectivity index (χ0) is 22.1.